The van der Waals surface area contributed by atoms with Crippen molar-refractivity contribution in [3.8, 4) is 11.3 Å². The molecule has 2 heterocycles. The van der Waals surface area contributed by atoms with Gasteiger partial charge in [-0.2, -0.15) is 0 Å². The van der Waals surface area contributed by atoms with Gasteiger partial charge in [0, 0.05) is 12.1 Å². The van der Waals surface area contributed by atoms with Gasteiger partial charge in [0.25, 0.3) is 0 Å². The van der Waals surface area contributed by atoms with Crippen LogP contribution in [0, 0.1) is 5.41 Å². The summed E-state index contributed by atoms with van der Waals surface area (Å²) in [5.41, 5.74) is 8.93. The molecule has 0 radical (unpaired) electrons. The van der Waals surface area contributed by atoms with Gasteiger partial charge in [0.2, 0.25) is 5.88 Å². The Balaban J connectivity index is 2.07. The number of nitrogens with zero attached hydrogens (tertiary/aromatic N) is 2. The lowest BCUT2D eigenvalue weighted by molar-refractivity contribution is 0.192. The van der Waals surface area contributed by atoms with Crippen LogP contribution in [-0.4, -0.2) is 10.1 Å². The molecule has 2 aromatic rings. The summed E-state index contributed by atoms with van der Waals surface area (Å²) in [7, 11) is 0. The zero-order valence-electron chi connectivity index (χ0n) is 12.1. The van der Waals surface area contributed by atoms with E-state index in [0.717, 1.165) is 23.4 Å². The second kappa shape index (κ2) is 4.93. The molecule has 2 N–H and O–H groups in total. The fourth-order valence-electron chi connectivity index (χ4n) is 3.32. The maximum Gasteiger partial charge on any atom is 0.231 e. The summed E-state index contributed by atoms with van der Waals surface area (Å²) in [5, 5.41) is 4.27. The normalized spacial score (nSPS) is 21.8. The van der Waals surface area contributed by atoms with E-state index in [2.05, 4.69) is 24.0 Å². The second-order valence-electron chi connectivity index (χ2n) is 6.31. The number of rotatable bonds is 2. The number of aromatic nitrogens is 2. The number of hydrogen-bond acceptors (Lipinski definition) is 4. The van der Waals surface area contributed by atoms with Gasteiger partial charge in [0.1, 0.15) is 0 Å². The highest BCUT2D eigenvalue weighted by Gasteiger charge is 2.37. The van der Waals surface area contributed by atoms with E-state index >= 15 is 0 Å². The molecule has 1 aliphatic rings. The molecular weight excluding hydrogens is 250 g/mol. The van der Waals surface area contributed by atoms with Crippen molar-refractivity contribution < 1.29 is 4.52 Å². The minimum absolute atomic E-state index is 0.227. The predicted octanol–water partition coefficient (Wildman–Crippen LogP) is 4.00. The Morgan fingerprint density at radius 2 is 2.15 bits per heavy atom. The molecule has 1 atom stereocenters. The maximum atomic E-state index is 6.00. The van der Waals surface area contributed by atoms with Crippen LogP contribution in [0.25, 0.3) is 11.3 Å². The Morgan fingerprint density at radius 3 is 2.85 bits per heavy atom. The molecule has 0 aromatic carbocycles. The van der Waals surface area contributed by atoms with E-state index in [-0.39, 0.29) is 5.41 Å². The highest BCUT2D eigenvalue weighted by atomic mass is 16.5. The monoisotopic (exact) mass is 271 g/mol. The lowest BCUT2D eigenvalue weighted by Gasteiger charge is -2.37. The van der Waals surface area contributed by atoms with E-state index in [1.165, 1.54) is 19.3 Å². The number of nitrogen functional groups attached to an aromatic ring is 1. The van der Waals surface area contributed by atoms with E-state index in [9.17, 15) is 0 Å². The molecule has 0 aliphatic heterocycles. The molecule has 20 heavy (non-hydrogen) atoms. The summed E-state index contributed by atoms with van der Waals surface area (Å²) in [4.78, 5) is 4.41. The standard InChI is InChI=1S/C16H21N3O/c1-16(2)9-5-3-7-11(16)14-13(15(17)20-19-14)12-8-4-6-10-18-12/h4,6,8,10-11H,3,5,7,9,17H2,1-2H3. The molecule has 4 heteroatoms. The lowest BCUT2D eigenvalue weighted by atomic mass is 9.67. The summed E-state index contributed by atoms with van der Waals surface area (Å²) >= 11 is 0. The average molecular weight is 271 g/mol. The van der Waals surface area contributed by atoms with Crippen LogP contribution in [0.4, 0.5) is 5.88 Å². The first-order chi connectivity index (χ1) is 9.59. The molecule has 3 rings (SSSR count). The Morgan fingerprint density at radius 1 is 1.30 bits per heavy atom. The Bertz CT molecular complexity index is 589. The van der Waals surface area contributed by atoms with Crippen molar-refractivity contribution in [1.82, 2.24) is 10.1 Å². The minimum atomic E-state index is 0.227. The van der Waals surface area contributed by atoms with E-state index < -0.39 is 0 Å². The summed E-state index contributed by atoms with van der Waals surface area (Å²) < 4.78 is 5.28. The van der Waals surface area contributed by atoms with Crippen LogP contribution >= 0.6 is 0 Å². The minimum Gasteiger partial charge on any atom is -0.367 e. The third kappa shape index (κ3) is 2.19. The van der Waals surface area contributed by atoms with Crippen LogP contribution in [0.1, 0.15) is 51.1 Å². The summed E-state index contributed by atoms with van der Waals surface area (Å²) in [6.07, 6.45) is 6.65. The van der Waals surface area contributed by atoms with Gasteiger partial charge >= 0.3 is 0 Å². The van der Waals surface area contributed by atoms with Crippen molar-refractivity contribution in [2.75, 3.05) is 5.73 Å². The summed E-state index contributed by atoms with van der Waals surface area (Å²) in [6, 6.07) is 5.82. The number of nitrogens with two attached hydrogens (primary N) is 1. The quantitative estimate of drug-likeness (QED) is 0.896. The van der Waals surface area contributed by atoms with Gasteiger partial charge in [-0.25, -0.2) is 0 Å². The summed E-state index contributed by atoms with van der Waals surface area (Å²) in [6.45, 7) is 4.62. The molecule has 1 saturated carbocycles. The Hall–Kier alpha value is -1.84. The first kappa shape index (κ1) is 13.2. The van der Waals surface area contributed by atoms with Crippen molar-refractivity contribution in [3.63, 3.8) is 0 Å². The Labute approximate surface area is 119 Å². The van der Waals surface area contributed by atoms with Gasteiger partial charge in [0.15, 0.2) is 0 Å². The van der Waals surface area contributed by atoms with E-state index in [1.807, 2.05) is 18.2 Å². The lowest BCUT2D eigenvalue weighted by Crippen LogP contribution is -2.26. The smallest absolute Gasteiger partial charge is 0.231 e. The molecule has 1 fully saturated rings. The van der Waals surface area contributed by atoms with Gasteiger partial charge in [-0.05, 0) is 30.4 Å². The van der Waals surface area contributed by atoms with Crippen LogP contribution in [0.5, 0.6) is 0 Å². The largest absolute Gasteiger partial charge is 0.367 e. The van der Waals surface area contributed by atoms with Crippen LogP contribution in [-0.2, 0) is 0 Å². The van der Waals surface area contributed by atoms with Gasteiger partial charge in [-0.15, -0.1) is 0 Å². The highest BCUT2D eigenvalue weighted by molar-refractivity contribution is 5.72. The molecule has 1 unspecified atom stereocenters. The van der Waals surface area contributed by atoms with Crippen LogP contribution in [0.2, 0.25) is 0 Å². The molecule has 0 bridgehead atoms. The van der Waals surface area contributed by atoms with Crippen LogP contribution in [0.3, 0.4) is 0 Å². The molecule has 4 nitrogen and oxygen atoms in total. The third-order valence-electron chi connectivity index (χ3n) is 4.50. The first-order valence-electron chi connectivity index (χ1n) is 7.26. The van der Waals surface area contributed by atoms with Crippen LogP contribution in [0.15, 0.2) is 28.9 Å². The van der Waals surface area contributed by atoms with Crippen molar-refractivity contribution in [2.24, 2.45) is 5.41 Å². The van der Waals surface area contributed by atoms with E-state index in [0.29, 0.717) is 11.8 Å². The zero-order valence-corrected chi connectivity index (χ0v) is 12.1. The van der Waals surface area contributed by atoms with Gasteiger partial charge in [-0.3, -0.25) is 4.98 Å². The molecular formula is C16H21N3O. The summed E-state index contributed by atoms with van der Waals surface area (Å²) in [5.74, 6) is 0.759. The average Bonchev–Trinajstić information content (AvgIpc) is 2.81. The Kier molecular flexibility index (Phi) is 3.24. The zero-order chi connectivity index (χ0) is 14.2. The van der Waals surface area contributed by atoms with Crippen molar-refractivity contribution in [1.29, 1.82) is 0 Å². The van der Waals surface area contributed by atoms with Crippen molar-refractivity contribution in [3.05, 3.63) is 30.1 Å². The van der Waals surface area contributed by atoms with Gasteiger partial charge < -0.3 is 10.3 Å². The SMILES string of the molecule is CC1(C)CCCCC1c1noc(N)c1-c1ccccn1. The molecule has 0 saturated heterocycles. The molecule has 1 aliphatic carbocycles. The number of anilines is 1. The van der Waals surface area contributed by atoms with Gasteiger partial charge in [0.05, 0.1) is 17.0 Å². The topological polar surface area (TPSA) is 64.9 Å². The molecule has 0 spiro atoms. The number of hydrogen-bond donors (Lipinski definition) is 1. The third-order valence-corrected chi connectivity index (χ3v) is 4.50. The fourth-order valence-corrected chi connectivity index (χ4v) is 3.32. The van der Waals surface area contributed by atoms with Gasteiger partial charge in [-0.1, -0.05) is 37.9 Å². The molecule has 0 amide bonds. The maximum absolute atomic E-state index is 6.00. The molecule has 2 aromatic heterocycles. The van der Waals surface area contributed by atoms with E-state index in [1.54, 1.807) is 6.20 Å². The van der Waals surface area contributed by atoms with Crippen LogP contribution < -0.4 is 5.73 Å². The predicted molar refractivity (Wildman–Crippen MR) is 79.1 cm³/mol. The van der Waals surface area contributed by atoms with Crippen molar-refractivity contribution in [2.45, 2.75) is 45.4 Å². The second-order valence-corrected chi connectivity index (χ2v) is 6.31. The molecule has 106 valence electrons. The fraction of sp³-hybridized carbons (Fsp3) is 0.500. The van der Waals surface area contributed by atoms with Crippen molar-refractivity contribution >= 4 is 5.88 Å². The number of pyridine rings is 1. The first-order valence-corrected chi connectivity index (χ1v) is 7.26. The highest BCUT2D eigenvalue weighted by Crippen LogP contribution is 2.49. The van der Waals surface area contributed by atoms with E-state index in [4.69, 9.17) is 10.3 Å².